The Balaban J connectivity index is 0.000000257. The molecule has 0 aliphatic heterocycles. The molecule has 0 aliphatic carbocycles. The lowest BCUT2D eigenvalue weighted by Gasteiger charge is -2.19. The molecule has 3 N–H and O–H groups in total. The molecule has 0 spiro atoms. The number of aromatic nitrogens is 2. The van der Waals surface area contributed by atoms with Crippen molar-refractivity contribution in [2.75, 3.05) is 26.3 Å². The number of nitrogens with two attached hydrogens (primary N) is 1. The third-order valence-electron chi connectivity index (χ3n) is 6.56. The number of pyridine rings is 2. The number of hydrogen-bond acceptors (Lipinski definition) is 7. The largest absolute Gasteiger partial charge is 0.494 e. The van der Waals surface area contributed by atoms with Crippen LogP contribution in [0.3, 0.4) is 0 Å². The number of aryl methyl sites for hydroxylation is 2. The van der Waals surface area contributed by atoms with Gasteiger partial charge in [0.25, 0.3) is 0 Å². The van der Waals surface area contributed by atoms with E-state index in [1.54, 1.807) is 12.4 Å². The highest BCUT2D eigenvalue weighted by Crippen LogP contribution is 2.15. The third-order valence-corrected chi connectivity index (χ3v) is 6.56. The first-order valence-corrected chi connectivity index (χ1v) is 15.7. The Morgan fingerprint density at radius 3 is 1.60 bits per heavy atom. The van der Waals surface area contributed by atoms with Crippen molar-refractivity contribution in [2.45, 2.75) is 64.9 Å². The van der Waals surface area contributed by atoms with E-state index in [9.17, 15) is 4.79 Å². The van der Waals surface area contributed by atoms with Crippen LogP contribution in [0.4, 0.5) is 4.79 Å². The van der Waals surface area contributed by atoms with Crippen LogP contribution in [0.1, 0.15) is 55.9 Å². The van der Waals surface area contributed by atoms with Crippen molar-refractivity contribution in [3.8, 4) is 11.5 Å². The van der Waals surface area contributed by atoms with Gasteiger partial charge in [-0.05, 0) is 124 Å². The van der Waals surface area contributed by atoms with Crippen molar-refractivity contribution in [1.82, 2.24) is 15.3 Å². The number of hydrogen-bond donors (Lipinski definition) is 2. The van der Waals surface area contributed by atoms with Gasteiger partial charge in [-0.15, -0.1) is 0 Å². The van der Waals surface area contributed by atoms with E-state index >= 15 is 0 Å². The van der Waals surface area contributed by atoms with E-state index in [-0.39, 0.29) is 6.09 Å². The van der Waals surface area contributed by atoms with Crippen molar-refractivity contribution < 1.29 is 19.0 Å². The highest BCUT2D eigenvalue weighted by Gasteiger charge is 2.15. The lowest BCUT2D eigenvalue weighted by molar-refractivity contribution is 0.0528. The van der Waals surface area contributed by atoms with Crippen molar-refractivity contribution in [1.29, 1.82) is 0 Å². The van der Waals surface area contributed by atoms with E-state index in [4.69, 9.17) is 19.9 Å². The average molecular weight is 613 g/mol. The molecule has 0 atom stereocenters. The van der Waals surface area contributed by atoms with Gasteiger partial charge >= 0.3 is 6.09 Å². The van der Waals surface area contributed by atoms with Gasteiger partial charge in [0.15, 0.2) is 0 Å². The minimum absolute atomic E-state index is 0.383. The molecule has 8 nitrogen and oxygen atoms in total. The lowest BCUT2D eigenvalue weighted by atomic mass is 10.1. The van der Waals surface area contributed by atoms with E-state index in [1.807, 2.05) is 81.7 Å². The third kappa shape index (κ3) is 15.7. The van der Waals surface area contributed by atoms with Crippen LogP contribution in [-0.4, -0.2) is 48.0 Å². The summed E-state index contributed by atoms with van der Waals surface area (Å²) in [5, 5.41) is 2.76. The molecule has 0 fully saturated rings. The molecular formula is C37H48N4O4. The summed E-state index contributed by atoms with van der Waals surface area (Å²) < 4.78 is 16.7. The van der Waals surface area contributed by atoms with Gasteiger partial charge in [0.2, 0.25) is 0 Å². The van der Waals surface area contributed by atoms with Gasteiger partial charge in [-0.1, -0.05) is 36.4 Å². The summed E-state index contributed by atoms with van der Waals surface area (Å²) in [6, 6.07) is 24.2. The van der Waals surface area contributed by atoms with Crippen molar-refractivity contribution in [3.63, 3.8) is 0 Å². The molecule has 4 rings (SSSR count). The van der Waals surface area contributed by atoms with Gasteiger partial charge in [-0.25, -0.2) is 4.79 Å². The maximum absolute atomic E-state index is 11.6. The second-order valence-corrected chi connectivity index (χ2v) is 11.6. The number of benzene rings is 2. The van der Waals surface area contributed by atoms with E-state index in [0.29, 0.717) is 19.7 Å². The number of nitrogens with zero attached hydrogens (tertiary/aromatic N) is 2. The van der Waals surface area contributed by atoms with Crippen molar-refractivity contribution in [2.24, 2.45) is 5.73 Å². The van der Waals surface area contributed by atoms with Crippen LogP contribution in [-0.2, 0) is 30.4 Å². The predicted octanol–water partition coefficient (Wildman–Crippen LogP) is 6.75. The Morgan fingerprint density at radius 2 is 1.18 bits per heavy atom. The molecular weight excluding hydrogens is 564 g/mol. The van der Waals surface area contributed by atoms with Gasteiger partial charge in [0.05, 0.1) is 13.2 Å². The predicted molar refractivity (Wildman–Crippen MR) is 180 cm³/mol. The van der Waals surface area contributed by atoms with Crippen LogP contribution in [0.15, 0.2) is 97.6 Å². The topological polar surface area (TPSA) is 109 Å². The SMILES string of the molecule is CC(C)(C)OC(=O)NCCc1ccc(OCCCc2cccnc2)cc1.NCCc1ccc(OCCCc2cccnc2)cc1. The summed E-state index contributed by atoms with van der Waals surface area (Å²) in [6.07, 6.45) is 12.6. The summed E-state index contributed by atoms with van der Waals surface area (Å²) >= 11 is 0. The first kappa shape index (κ1) is 35.1. The zero-order chi connectivity index (χ0) is 32.2. The molecule has 45 heavy (non-hydrogen) atoms. The van der Waals surface area contributed by atoms with E-state index < -0.39 is 5.60 Å². The summed E-state index contributed by atoms with van der Waals surface area (Å²) in [5.74, 6) is 1.78. The molecule has 0 aliphatic rings. The fourth-order valence-electron chi connectivity index (χ4n) is 4.32. The van der Waals surface area contributed by atoms with Crippen LogP contribution in [0, 0.1) is 0 Å². The van der Waals surface area contributed by atoms with E-state index in [0.717, 1.165) is 62.2 Å². The van der Waals surface area contributed by atoms with Gasteiger partial charge in [0, 0.05) is 31.3 Å². The molecule has 2 aromatic heterocycles. The van der Waals surface area contributed by atoms with E-state index in [1.165, 1.54) is 16.7 Å². The van der Waals surface area contributed by atoms with E-state index in [2.05, 4.69) is 39.6 Å². The monoisotopic (exact) mass is 612 g/mol. The molecule has 0 bridgehead atoms. The van der Waals surface area contributed by atoms with Crippen LogP contribution in [0.25, 0.3) is 0 Å². The summed E-state index contributed by atoms with van der Waals surface area (Å²) in [6.45, 7) is 8.18. The maximum atomic E-state index is 11.6. The molecule has 4 aromatic rings. The van der Waals surface area contributed by atoms with Gasteiger partial charge in [0.1, 0.15) is 17.1 Å². The van der Waals surface area contributed by atoms with Crippen LogP contribution in [0.5, 0.6) is 11.5 Å². The van der Waals surface area contributed by atoms with Crippen molar-refractivity contribution >= 4 is 6.09 Å². The Morgan fingerprint density at radius 1 is 0.689 bits per heavy atom. The Hall–Kier alpha value is -4.43. The van der Waals surface area contributed by atoms with Crippen molar-refractivity contribution in [3.05, 3.63) is 120 Å². The Kier molecular flexibility index (Phi) is 15.4. The normalized spacial score (nSPS) is 10.8. The molecule has 0 saturated carbocycles. The molecule has 0 unspecified atom stereocenters. The maximum Gasteiger partial charge on any atom is 0.407 e. The number of carbonyl (C=O) groups excluding carboxylic acids is 1. The zero-order valence-electron chi connectivity index (χ0n) is 26.9. The number of ether oxygens (including phenoxy) is 3. The highest BCUT2D eigenvalue weighted by atomic mass is 16.6. The fraction of sp³-hybridized carbons (Fsp3) is 0.378. The minimum Gasteiger partial charge on any atom is -0.494 e. The first-order chi connectivity index (χ1) is 21.8. The minimum atomic E-state index is -0.472. The highest BCUT2D eigenvalue weighted by molar-refractivity contribution is 5.67. The molecule has 8 heteroatoms. The average Bonchev–Trinajstić information content (AvgIpc) is 3.03. The molecule has 2 heterocycles. The molecule has 2 aromatic carbocycles. The number of amides is 1. The fourth-order valence-corrected chi connectivity index (χ4v) is 4.32. The molecule has 0 radical (unpaired) electrons. The second kappa shape index (κ2) is 19.8. The van der Waals surface area contributed by atoms with Gasteiger partial charge in [-0.2, -0.15) is 0 Å². The smallest absolute Gasteiger partial charge is 0.407 e. The van der Waals surface area contributed by atoms with Gasteiger partial charge in [-0.3, -0.25) is 9.97 Å². The van der Waals surface area contributed by atoms with Gasteiger partial charge < -0.3 is 25.3 Å². The number of alkyl carbamates (subject to hydrolysis) is 1. The standard InChI is InChI=1S/C21H28N2O3.C16H20N2O/c1-21(2,3)26-20(24)23-14-12-17-8-10-19(11-9-17)25-15-5-7-18-6-4-13-22-16-18;17-10-9-14-5-7-16(8-6-14)19-12-2-4-15-3-1-11-18-13-15/h4,6,8-11,13,16H,5,7,12,14-15H2,1-3H3,(H,23,24);1,3,5-8,11,13H,2,4,9-10,12,17H2. The number of nitrogens with one attached hydrogen (secondary N) is 1. The number of carbonyl (C=O) groups is 1. The quantitative estimate of drug-likeness (QED) is 0.143. The Labute approximate surface area is 268 Å². The Bertz CT molecular complexity index is 1340. The summed E-state index contributed by atoms with van der Waals surface area (Å²) in [5.41, 5.74) is 9.92. The number of rotatable bonds is 15. The first-order valence-electron chi connectivity index (χ1n) is 15.7. The molecule has 0 saturated heterocycles. The summed E-state index contributed by atoms with van der Waals surface area (Å²) in [4.78, 5) is 19.8. The molecule has 1 amide bonds. The lowest BCUT2D eigenvalue weighted by Crippen LogP contribution is -2.33. The zero-order valence-corrected chi connectivity index (χ0v) is 26.9. The van der Waals surface area contributed by atoms with Crippen LogP contribution >= 0.6 is 0 Å². The summed E-state index contributed by atoms with van der Waals surface area (Å²) in [7, 11) is 0. The second-order valence-electron chi connectivity index (χ2n) is 11.6. The molecule has 240 valence electrons. The van der Waals surface area contributed by atoms with Crippen LogP contribution in [0.2, 0.25) is 0 Å². The van der Waals surface area contributed by atoms with Crippen LogP contribution < -0.4 is 20.5 Å².